The third-order valence-electron chi connectivity index (χ3n) is 5.73. The summed E-state index contributed by atoms with van der Waals surface area (Å²) in [5.74, 6) is -1.10. The number of sulfonamides is 1. The number of nitrogens with zero attached hydrogens (tertiary/aromatic N) is 2. The van der Waals surface area contributed by atoms with Crippen LogP contribution in [0.1, 0.15) is 26.3 Å². The van der Waals surface area contributed by atoms with Crippen molar-refractivity contribution in [3.05, 3.63) is 92.4 Å². The van der Waals surface area contributed by atoms with Crippen LogP contribution in [0.3, 0.4) is 0 Å². The van der Waals surface area contributed by atoms with Crippen LogP contribution in [-0.4, -0.2) is 43.8 Å². The van der Waals surface area contributed by atoms with Crippen molar-refractivity contribution in [2.24, 2.45) is 0 Å². The fourth-order valence-corrected chi connectivity index (χ4v) is 6.22. The van der Waals surface area contributed by atoms with Crippen LogP contribution in [0.2, 0.25) is 20.1 Å². The van der Waals surface area contributed by atoms with Gasteiger partial charge < -0.3 is 10.2 Å². The fourth-order valence-electron chi connectivity index (χ4n) is 3.77. The fraction of sp³-hybridized carbons (Fsp3) is 0.259. The van der Waals surface area contributed by atoms with Crippen molar-refractivity contribution in [2.45, 2.75) is 44.3 Å². The van der Waals surface area contributed by atoms with Crippen molar-refractivity contribution in [3.63, 3.8) is 0 Å². The third-order valence-corrected chi connectivity index (χ3v) is 8.67. The highest BCUT2D eigenvalue weighted by atomic mass is 35.5. The van der Waals surface area contributed by atoms with Crippen molar-refractivity contribution in [1.82, 2.24) is 10.2 Å². The van der Waals surface area contributed by atoms with Gasteiger partial charge in [0.05, 0.1) is 10.6 Å². The maximum absolute atomic E-state index is 13.9. The standard InChI is InChI=1S/C27H27Cl4N3O4S/c1-17(2)32-27(36)18(3)33(15-23-24(30)10-7-11-25(23)31)26(35)16-34(21-13-19(28)12-20(29)14-21)39(37,38)22-8-5-4-6-9-22/h4-14,17-18H,15-16H2,1-3H3,(H,32,36)/t18-/m0/s1. The topological polar surface area (TPSA) is 86.8 Å². The number of halogens is 4. The van der Waals surface area contributed by atoms with E-state index in [9.17, 15) is 18.0 Å². The minimum absolute atomic E-state index is 0.0415. The minimum Gasteiger partial charge on any atom is -0.352 e. The van der Waals surface area contributed by atoms with E-state index in [1.807, 2.05) is 0 Å². The zero-order chi connectivity index (χ0) is 28.9. The molecule has 0 unspecified atom stereocenters. The van der Waals surface area contributed by atoms with Gasteiger partial charge in [0, 0.05) is 38.2 Å². The average molecular weight is 631 g/mol. The van der Waals surface area contributed by atoms with Crippen LogP contribution >= 0.6 is 46.4 Å². The van der Waals surface area contributed by atoms with Crippen LogP contribution in [0.25, 0.3) is 0 Å². The maximum atomic E-state index is 13.9. The van der Waals surface area contributed by atoms with Crippen molar-refractivity contribution < 1.29 is 18.0 Å². The number of nitrogens with one attached hydrogen (secondary N) is 1. The molecule has 12 heteroatoms. The largest absolute Gasteiger partial charge is 0.352 e. The molecule has 0 spiro atoms. The van der Waals surface area contributed by atoms with Crippen LogP contribution in [0.15, 0.2) is 71.6 Å². The molecule has 3 aromatic rings. The summed E-state index contributed by atoms with van der Waals surface area (Å²) in [6.45, 7) is 4.33. The molecular formula is C27H27Cl4N3O4S. The van der Waals surface area contributed by atoms with E-state index in [1.54, 1.807) is 57.2 Å². The molecule has 208 valence electrons. The van der Waals surface area contributed by atoms with E-state index in [4.69, 9.17) is 46.4 Å². The molecule has 1 N–H and O–H groups in total. The second kappa shape index (κ2) is 13.2. The maximum Gasteiger partial charge on any atom is 0.264 e. The Morgan fingerprint density at radius 1 is 0.846 bits per heavy atom. The summed E-state index contributed by atoms with van der Waals surface area (Å²) in [5.41, 5.74) is 0.501. The van der Waals surface area contributed by atoms with Gasteiger partial charge >= 0.3 is 0 Å². The summed E-state index contributed by atoms with van der Waals surface area (Å²) in [7, 11) is -4.25. The lowest BCUT2D eigenvalue weighted by Crippen LogP contribution is -2.52. The number of hydrogen-bond donors (Lipinski definition) is 1. The molecule has 0 aliphatic rings. The first-order valence-electron chi connectivity index (χ1n) is 11.9. The van der Waals surface area contributed by atoms with E-state index >= 15 is 0 Å². The summed E-state index contributed by atoms with van der Waals surface area (Å²) in [5, 5.41) is 3.75. The highest BCUT2D eigenvalue weighted by Gasteiger charge is 2.33. The van der Waals surface area contributed by atoms with Crippen molar-refractivity contribution >= 4 is 73.9 Å². The number of amides is 2. The molecule has 2 amide bonds. The molecule has 7 nitrogen and oxygen atoms in total. The monoisotopic (exact) mass is 629 g/mol. The van der Waals surface area contributed by atoms with Gasteiger partial charge in [-0.15, -0.1) is 0 Å². The van der Waals surface area contributed by atoms with Gasteiger partial charge in [0.15, 0.2) is 0 Å². The molecule has 0 saturated carbocycles. The molecule has 0 bridgehead atoms. The van der Waals surface area contributed by atoms with Crippen LogP contribution in [-0.2, 0) is 26.2 Å². The lowest BCUT2D eigenvalue weighted by molar-refractivity contribution is -0.139. The van der Waals surface area contributed by atoms with E-state index < -0.39 is 34.4 Å². The Bertz CT molecular complexity index is 1410. The molecule has 0 fully saturated rings. The summed E-state index contributed by atoms with van der Waals surface area (Å²) in [4.78, 5) is 28.1. The molecule has 1 atom stereocenters. The first-order valence-corrected chi connectivity index (χ1v) is 14.8. The van der Waals surface area contributed by atoms with Gasteiger partial charge in [-0.2, -0.15) is 0 Å². The number of carbonyl (C=O) groups is 2. The van der Waals surface area contributed by atoms with E-state index in [2.05, 4.69) is 5.32 Å². The number of hydrogen-bond acceptors (Lipinski definition) is 4. The molecule has 0 aromatic heterocycles. The number of carbonyl (C=O) groups excluding carboxylic acids is 2. The highest BCUT2D eigenvalue weighted by molar-refractivity contribution is 7.92. The van der Waals surface area contributed by atoms with Crippen molar-refractivity contribution in [1.29, 1.82) is 0 Å². The normalized spacial score (nSPS) is 12.2. The Hall–Kier alpha value is -2.49. The molecule has 3 aromatic carbocycles. The van der Waals surface area contributed by atoms with E-state index in [1.165, 1.54) is 35.2 Å². The van der Waals surface area contributed by atoms with Crippen LogP contribution in [0, 0.1) is 0 Å². The first kappa shape index (κ1) is 31.0. The molecule has 0 aliphatic heterocycles. The zero-order valence-electron chi connectivity index (χ0n) is 21.4. The Morgan fingerprint density at radius 2 is 1.41 bits per heavy atom. The SMILES string of the molecule is CC(C)NC(=O)[C@H](C)N(Cc1c(Cl)cccc1Cl)C(=O)CN(c1cc(Cl)cc(Cl)c1)S(=O)(=O)c1ccccc1. The van der Waals surface area contributed by atoms with Crippen molar-refractivity contribution in [2.75, 3.05) is 10.8 Å². The predicted octanol–water partition coefficient (Wildman–Crippen LogP) is 6.44. The van der Waals surface area contributed by atoms with E-state index in [0.717, 1.165) is 4.31 Å². The van der Waals surface area contributed by atoms with Gasteiger partial charge in [-0.05, 0) is 63.2 Å². The number of benzene rings is 3. The molecule has 3 rings (SSSR count). The molecule has 0 saturated heterocycles. The minimum atomic E-state index is -4.25. The lowest BCUT2D eigenvalue weighted by atomic mass is 10.1. The summed E-state index contributed by atoms with van der Waals surface area (Å²) in [6.07, 6.45) is 0. The Labute approximate surface area is 248 Å². The van der Waals surface area contributed by atoms with Crippen LogP contribution < -0.4 is 9.62 Å². The van der Waals surface area contributed by atoms with Crippen LogP contribution in [0.4, 0.5) is 5.69 Å². The van der Waals surface area contributed by atoms with Gasteiger partial charge in [-0.25, -0.2) is 8.42 Å². The van der Waals surface area contributed by atoms with Gasteiger partial charge in [0.2, 0.25) is 11.8 Å². The van der Waals surface area contributed by atoms with Crippen LogP contribution in [0.5, 0.6) is 0 Å². The highest BCUT2D eigenvalue weighted by Crippen LogP contribution is 2.31. The van der Waals surface area contributed by atoms with E-state index in [-0.39, 0.29) is 33.2 Å². The molecule has 39 heavy (non-hydrogen) atoms. The summed E-state index contributed by atoms with van der Waals surface area (Å²) < 4.78 is 28.5. The smallest absolute Gasteiger partial charge is 0.264 e. The summed E-state index contributed by atoms with van der Waals surface area (Å²) in [6, 6.07) is 15.6. The quantitative estimate of drug-likeness (QED) is 0.279. The lowest BCUT2D eigenvalue weighted by Gasteiger charge is -2.32. The van der Waals surface area contributed by atoms with Gasteiger partial charge in [-0.1, -0.05) is 70.7 Å². The average Bonchev–Trinajstić information content (AvgIpc) is 2.86. The molecule has 0 heterocycles. The van der Waals surface area contributed by atoms with Gasteiger partial charge in [0.25, 0.3) is 10.0 Å². The second-order valence-corrected chi connectivity index (χ2v) is 12.6. The predicted molar refractivity (Wildman–Crippen MR) is 157 cm³/mol. The Balaban J connectivity index is 2.09. The van der Waals surface area contributed by atoms with E-state index in [0.29, 0.717) is 15.6 Å². The third kappa shape index (κ3) is 7.80. The Morgan fingerprint density at radius 3 is 1.95 bits per heavy atom. The molecule has 0 aliphatic carbocycles. The number of anilines is 1. The first-order chi connectivity index (χ1) is 18.3. The van der Waals surface area contributed by atoms with Crippen molar-refractivity contribution in [3.8, 4) is 0 Å². The zero-order valence-corrected chi connectivity index (χ0v) is 25.2. The molecular weight excluding hydrogens is 604 g/mol. The van der Waals surface area contributed by atoms with Gasteiger partial charge in [-0.3, -0.25) is 13.9 Å². The summed E-state index contributed by atoms with van der Waals surface area (Å²) >= 11 is 25.1. The number of rotatable bonds is 10. The second-order valence-electron chi connectivity index (χ2n) is 9.01. The Kier molecular flexibility index (Phi) is 10.5. The van der Waals surface area contributed by atoms with Gasteiger partial charge in [0.1, 0.15) is 12.6 Å². The molecule has 0 radical (unpaired) electrons.